The largest absolute Gasteiger partial charge is 0.507 e. The average Bonchev–Trinajstić information content (AvgIpc) is 2.50. The van der Waals surface area contributed by atoms with E-state index >= 15 is 0 Å². The molecule has 0 aliphatic heterocycles. The Kier molecular flexibility index (Phi) is 5.80. The zero-order valence-corrected chi connectivity index (χ0v) is 13.7. The molecule has 0 spiro atoms. The second-order valence-electron chi connectivity index (χ2n) is 4.36. The molecule has 7 heteroatoms. The van der Waals surface area contributed by atoms with Gasteiger partial charge in [-0.2, -0.15) is 5.10 Å². The van der Waals surface area contributed by atoms with Gasteiger partial charge in [0.05, 0.1) is 17.2 Å². The summed E-state index contributed by atoms with van der Waals surface area (Å²) in [4.78, 5) is 11.6. The fourth-order valence-electron chi connectivity index (χ4n) is 1.57. The number of halogens is 2. The van der Waals surface area contributed by atoms with Crippen LogP contribution >= 0.6 is 27.5 Å². The lowest BCUT2D eigenvalue weighted by atomic mass is 10.2. The van der Waals surface area contributed by atoms with Gasteiger partial charge in [0, 0.05) is 10.7 Å². The number of phenolic OH excluding ortho intramolecular Hbond substituents is 1. The van der Waals surface area contributed by atoms with E-state index in [4.69, 9.17) is 11.6 Å². The number of nitrogens with one attached hydrogen (secondary N) is 2. The third-order valence-corrected chi connectivity index (χ3v) is 3.56. The van der Waals surface area contributed by atoms with Crippen molar-refractivity contribution in [1.82, 2.24) is 5.43 Å². The molecule has 0 aliphatic rings. The Morgan fingerprint density at radius 2 is 2.00 bits per heavy atom. The van der Waals surface area contributed by atoms with Crippen LogP contribution in [0.2, 0.25) is 5.02 Å². The quantitative estimate of drug-likeness (QED) is 0.548. The first-order valence-electron chi connectivity index (χ1n) is 6.34. The van der Waals surface area contributed by atoms with Crippen molar-refractivity contribution in [3.63, 3.8) is 0 Å². The Morgan fingerprint density at radius 3 is 2.68 bits per heavy atom. The predicted molar refractivity (Wildman–Crippen MR) is 91.5 cm³/mol. The number of hydrogen-bond donors (Lipinski definition) is 3. The summed E-state index contributed by atoms with van der Waals surface area (Å²) in [6.07, 6.45) is 1.49. The van der Waals surface area contributed by atoms with Crippen LogP contribution in [0.25, 0.3) is 0 Å². The molecule has 0 aromatic heterocycles. The van der Waals surface area contributed by atoms with E-state index < -0.39 is 0 Å². The smallest absolute Gasteiger partial charge is 0.259 e. The van der Waals surface area contributed by atoms with Gasteiger partial charge in [0.1, 0.15) is 5.75 Å². The molecule has 0 atom stereocenters. The minimum atomic E-state index is -0.274. The molecule has 2 aromatic rings. The fourth-order valence-corrected chi connectivity index (χ4v) is 2.09. The number of benzene rings is 2. The van der Waals surface area contributed by atoms with Crippen LogP contribution in [0.5, 0.6) is 5.75 Å². The number of hydrogen-bond acceptors (Lipinski definition) is 4. The van der Waals surface area contributed by atoms with Crippen molar-refractivity contribution in [1.29, 1.82) is 0 Å². The van der Waals surface area contributed by atoms with Gasteiger partial charge >= 0.3 is 0 Å². The number of anilines is 1. The zero-order chi connectivity index (χ0) is 15.9. The maximum Gasteiger partial charge on any atom is 0.259 e. The monoisotopic (exact) mass is 381 g/mol. The topological polar surface area (TPSA) is 73.7 Å². The van der Waals surface area contributed by atoms with Gasteiger partial charge in [0.2, 0.25) is 0 Å². The fraction of sp³-hybridized carbons (Fsp3) is 0.0667. The van der Waals surface area contributed by atoms with E-state index in [-0.39, 0.29) is 18.2 Å². The molecular weight excluding hydrogens is 370 g/mol. The molecule has 0 aliphatic carbocycles. The van der Waals surface area contributed by atoms with Gasteiger partial charge in [0.15, 0.2) is 0 Å². The first-order valence-corrected chi connectivity index (χ1v) is 7.51. The van der Waals surface area contributed by atoms with E-state index in [1.165, 1.54) is 12.3 Å². The van der Waals surface area contributed by atoms with E-state index in [0.29, 0.717) is 9.50 Å². The Bertz CT molecular complexity index is 690. The zero-order valence-electron chi connectivity index (χ0n) is 11.4. The average molecular weight is 383 g/mol. The van der Waals surface area contributed by atoms with Crippen molar-refractivity contribution in [3.05, 3.63) is 57.5 Å². The summed E-state index contributed by atoms with van der Waals surface area (Å²) < 4.78 is 0.562. The van der Waals surface area contributed by atoms with Gasteiger partial charge < -0.3 is 10.4 Å². The Balaban J connectivity index is 1.80. The maximum absolute atomic E-state index is 11.6. The SMILES string of the molecule is O=C(CNc1ccc(Cl)cc1)N/N=C\c1ccc(O)c(Br)c1. The molecule has 2 rings (SSSR count). The summed E-state index contributed by atoms with van der Waals surface area (Å²) in [5.74, 6) is -0.127. The van der Waals surface area contributed by atoms with Gasteiger partial charge in [0.25, 0.3) is 5.91 Å². The van der Waals surface area contributed by atoms with Crippen molar-refractivity contribution in [2.24, 2.45) is 5.10 Å². The van der Waals surface area contributed by atoms with E-state index in [0.717, 1.165) is 11.3 Å². The highest BCUT2D eigenvalue weighted by molar-refractivity contribution is 9.10. The Hall–Kier alpha value is -2.05. The number of hydrazone groups is 1. The molecule has 0 unspecified atom stereocenters. The van der Waals surface area contributed by atoms with Gasteiger partial charge in [-0.15, -0.1) is 0 Å². The van der Waals surface area contributed by atoms with Crippen molar-refractivity contribution in [3.8, 4) is 5.75 Å². The molecule has 1 amide bonds. The third kappa shape index (κ3) is 5.05. The van der Waals surface area contributed by atoms with E-state index in [9.17, 15) is 9.90 Å². The van der Waals surface area contributed by atoms with E-state index in [1.54, 1.807) is 36.4 Å². The molecule has 0 saturated heterocycles. The van der Waals surface area contributed by atoms with Crippen LogP contribution in [0.4, 0.5) is 5.69 Å². The Morgan fingerprint density at radius 1 is 1.27 bits per heavy atom. The molecule has 3 N–H and O–H groups in total. The van der Waals surface area contributed by atoms with Crippen molar-refractivity contribution in [2.45, 2.75) is 0 Å². The number of amides is 1. The van der Waals surface area contributed by atoms with E-state index in [2.05, 4.69) is 31.8 Å². The second-order valence-corrected chi connectivity index (χ2v) is 5.66. The summed E-state index contributed by atoms with van der Waals surface area (Å²) in [5.41, 5.74) is 3.95. The summed E-state index contributed by atoms with van der Waals surface area (Å²) in [5, 5.41) is 16.8. The third-order valence-electron chi connectivity index (χ3n) is 2.67. The van der Waals surface area contributed by atoms with Crippen LogP contribution in [-0.4, -0.2) is 23.8 Å². The summed E-state index contributed by atoms with van der Waals surface area (Å²) in [6.45, 7) is 0.0955. The highest BCUT2D eigenvalue weighted by Crippen LogP contribution is 2.23. The predicted octanol–water partition coefficient (Wildman–Crippen LogP) is 3.37. The molecule has 0 heterocycles. The Labute approximate surface area is 141 Å². The van der Waals surface area contributed by atoms with Crippen LogP contribution < -0.4 is 10.7 Å². The number of nitrogens with zero attached hydrogens (tertiary/aromatic N) is 1. The number of aromatic hydroxyl groups is 1. The lowest BCUT2D eigenvalue weighted by Crippen LogP contribution is -2.25. The normalized spacial score (nSPS) is 10.6. The van der Waals surface area contributed by atoms with Gasteiger partial charge in [-0.1, -0.05) is 11.6 Å². The lowest BCUT2D eigenvalue weighted by Gasteiger charge is -2.05. The summed E-state index contributed by atoms with van der Waals surface area (Å²) in [6, 6.07) is 12.0. The highest BCUT2D eigenvalue weighted by atomic mass is 79.9. The molecule has 2 aromatic carbocycles. The van der Waals surface area contributed by atoms with Crippen LogP contribution in [0, 0.1) is 0 Å². The van der Waals surface area contributed by atoms with Crippen molar-refractivity contribution in [2.75, 3.05) is 11.9 Å². The molecule has 0 bridgehead atoms. The number of carbonyl (C=O) groups is 1. The standard InChI is InChI=1S/C15H13BrClN3O2/c16-13-7-10(1-6-14(13)21)8-19-20-15(22)9-18-12-4-2-11(17)3-5-12/h1-8,18,21H,9H2,(H,20,22)/b19-8-. The molecule has 0 fully saturated rings. The number of carbonyl (C=O) groups excluding carboxylic acids is 1. The highest BCUT2D eigenvalue weighted by Gasteiger charge is 2.00. The minimum Gasteiger partial charge on any atom is -0.507 e. The van der Waals surface area contributed by atoms with E-state index in [1.807, 2.05) is 0 Å². The first kappa shape index (κ1) is 16.3. The summed E-state index contributed by atoms with van der Waals surface area (Å²) in [7, 11) is 0. The van der Waals surface area contributed by atoms with Crippen LogP contribution in [-0.2, 0) is 4.79 Å². The molecule has 5 nitrogen and oxygen atoms in total. The second kappa shape index (κ2) is 7.82. The number of phenols is 1. The molecule has 0 saturated carbocycles. The first-order chi connectivity index (χ1) is 10.5. The van der Waals surface area contributed by atoms with Gasteiger partial charge in [-0.3, -0.25) is 4.79 Å². The lowest BCUT2D eigenvalue weighted by molar-refractivity contribution is -0.119. The molecule has 114 valence electrons. The summed E-state index contributed by atoms with van der Waals surface area (Å²) >= 11 is 8.98. The number of rotatable bonds is 5. The molecule has 22 heavy (non-hydrogen) atoms. The van der Waals surface area contributed by atoms with Crippen LogP contribution in [0.3, 0.4) is 0 Å². The molecular formula is C15H13BrClN3O2. The minimum absolute atomic E-state index is 0.0955. The van der Waals surface area contributed by atoms with Crippen molar-refractivity contribution < 1.29 is 9.90 Å². The van der Waals surface area contributed by atoms with Gasteiger partial charge in [-0.25, -0.2) is 5.43 Å². The van der Waals surface area contributed by atoms with Crippen LogP contribution in [0.1, 0.15) is 5.56 Å². The van der Waals surface area contributed by atoms with Crippen LogP contribution in [0.15, 0.2) is 52.0 Å². The van der Waals surface area contributed by atoms with Crippen molar-refractivity contribution >= 4 is 45.3 Å². The molecule has 0 radical (unpaired) electrons. The maximum atomic E-state index is 11.6. The van der Waals surface area contributed by atoms with Gasteiger partial charge in [-0.05, 0) is 64.0 Å².